The SMILES string of the molecule is CCSc1cc(C(=O)NO)ccn1. The molecule has 13 heavy (non-hydrogen) atoms. The normalized spacial score (nSPS) is 9.69. The number of pyridine rings is 1. The second kappa shape index (κ2) is 4.84. The average molecular weight is 198 g/mol. The predicted octanol–water partition coefficient (Wildman–Crippen LogP) is 1.31. The highest BCUT2D eigenvalue weighted by Crippen LogP contribution is 2.15. The van der Waals surface area contributed by atoms with E-state index in [1.807, 2.05) is 6.92 Å². The van der Waals surface area contributed by atoms with Gasteiger partial charge >= 0.3 is 0 Å². The molecule has 2 N–H and O–H groups in total. The van der Waals surface area contributed by atoms with Crippen molar-refractivity contribution in [3.63, 3.8) is 0 Å². The molecule has 0 spiro atoms. The first kappa shape index (κ1) is 10.0. The van der Waals surface area contributed by atoms with E-state index in [1.165, 1.54) is 0 Å². The Hall–Kier alpha value is -1.07. The van der Waals surface area contributed by atoms with Crippen molar-refractivity contribution in [2.75, 3.05) is 5.75 Å². The van der Waals surface area contributed by atoms with Crippen LogP contribution in [0.5, 0.6) is 0 Å². The molecule has 1 heterocycles. The molecule has 1 amide bonds. The molecule has 0 aliphatic carbocycles. The van der Waals surface area contributed by atoms with Crippen molar-refractivity contribution < 1.29 is 10.0 Å². The first-order valence-electron chi connectivity index (χ1n) is 3.81. The van der Waals surface area contributed by atoms with Gasteiger partial charge in [-0.2, -0.15) is 0 Å². The molecule has 0 aliphatic rings. The van der Waals surface area contributed by atoms with Crippen LogP contribution in [0.3, 0.4) is 0 Å². The third kappa shape index (κ3) is 2.71. The monoisotopic (exact) mass is 198 g/mol. The smallest absolute Gasteiger partial charge is 0.274 e. The Bertz CT molecular complexity index is 304. The van der Waals surface area contributed by atoms with Gasteiger partial charge < -0.3 is 0 Å². The maximum Gasteiger partial charge on any atom is 0.274 e. The second-order valence-electron chi connectivity index (χ2n) is 2.26. The molecule has 0 fully saturated rings. The van der Waals surface area contributed by atoms with Crippen LogP contribution in [-0.2, 0) is 0 Å². The van der Waals surface area contributed by atoms with E-state index < -0.39 is 5.91 Å². The number of hydrogen-bond acceptors (Lipinski definition) is 4. The van der Waals surface area contributed by atoms with Gasteiger partial charge in [0.2, 0.25) is 0 Å². The fourth-order valence-electron chi connectivity index (χ4n) is 0.842. The number of nitrogens with one attached hydrogen (secondary N) is 1. The lowest BCUT2D eigenvalue weighted by molar-refractivity contribution is 0.0706. The summed E-state index contributed by atoms with van der Waals surface area (Å²) in [7, 11) is 0. The van der Waals surface area contributed by atoms with Crippen LogP contribution in [0, 0.1) is 0 Å². The van der Waals surface area contributed by atoms with Crippen LogP contribution in [0.25, 0.3) is 0 Å². The molecular weight excluding hydrogens is 188 g/mol. The lowest BCUT2D eigenvalue weighted by atomic mass is 10.3. The molecule has 0 unspecified atom stereocenters. The van der Waals surface area contributed by atoms with E-state index in [-0.39, 0.29) is 0 Å². The van der Waals surface area contributed by atoms with Crippen LogP contribution in [0.1, 0.15) is 17.3 Å². The zero-order chi connectivity index (χ0) is 9.68. The minimum Gasteiger partial charge on any atom is -0.288 e. The molecule has 1 rings (SSSR count). The Balaban J connectivity index is 2.85. The molecule has 0 saturated heterocycles. The summed E-state index contributed by atoms with van der Waals surface area (Å²) in [5.41, 5.74) is 1.99. The third-order valence-corrected chi connectivity index (χ3v) is 2.20. The summed E-state index contributed by atoms with van der Waals surface area (Å²) >= 11 is 1.54. The molecule has 1 aromatic heterocycles. The van der Waals surface area contributed by atoms with Crippen molar-refractivity contribution in [2.24, 2.45) is 0 Å². The number of amides is 1. The number of carbonyl (C=O) groups excluding carboxylic acids is 1. The molecule has 5 heteroatoms. The van der Waals surface area contributed by atoms with Crippen LogP contribution >= 0.6 is 11.8 Å². The summed E-state index contributed by atoms with van der Waals surface area (Å²) in [6.45, 7) is 2.01. The van der Waals surface area contributed by atoms with Gasteiger partial charge in [0.1, 0.15) is 0 Å². The van der Waals surface area contributed by atoms with E-state index in [1.54, 1.807) is 35.6 Å². The molecule has 0 atom stereocenters. The van der Waals surface area contributed by atoms with Crippen molar-refractivity contribution >= 4 is 17.7 Å². The summed E-state index contributed by atoms with van der Waals surface area (Å²) in [4.78, 5) is 15.0. The highest BCUT2D eigenvalue weighted by Gasteiger charge is 2.04. The first-order valence-corrected chi connectivity index (χ1v) is 4.79. The fourth-order valence-corrected chi connectivity index (χ4v) is 1.48. The molecule has 1 aromatic rings. The van der Waals surface area contributed by atoms with E-state index in [4.69, 9.17) is 5.21 Å². The number of hydrogen-bond donors (Lipinski definition) is 2. The molecular formula is C8H10N2O2S. The maximum absolute atomic E-state index is 11.0. The Morgan fingerprint density at radius 2 is 2.54 bits per heavy atom. The zero-order valence-electron chi connectivity index (χ0n) is 7.15. The van der Waals surface area contributed by atoms with Crippen LogP contribution in [0.15, 0.2) is 23.4 Å². The number of aromatic nitrogens is 1. The lowest BCUT2D eigenvalue weighted by Crippen LogP contribution is -2.18. The van der Waals surface area contributed by atoms with Crippen LogP contribution in [0.2, 0.25) is 0 Å². The van der Waals surface area contributed by atoms with E-state index in [0.717, 1.165) is 10.8 Å². The number of nitrogens with zero attached hydrogens (tertiary/aromatic N) is 1. The number of carbonyl (C=O) groups is 1. The number of rotatable bonds is 3. The van der Waals surface area contributed by atoms with Crippen molar-refractivity contribution in [2.45, 2.75) is 11.9 Å². The highest BCUT2D eigenvalue weighted by molar-refractivity contribution is 7.99. The Kier molecular flexibility index (Phi) is 3.72. The largest absolute Gasteiger partial charge is 0.288 e. The van der Waals surface area contributed by atoms with E-state index in [2.05, 4.69) is 4.98 Å². The van der Waals surface area contributed by atoms with Crippen LogP contribution in [0.4, 0.5) is 0 Å². The van der Waals surface area contributed by atoms with Crippen LogP contribution in [-0.4, -0.2) is 21.9 Å². The number of hydroxylamine groups is 1. The summed E-state index contributed by atoms with van der Waals surface area (Å²) < 4.78 is 0. The van der Waals surface area contributed by atoms with Gasteiger partial charge in [0.15, 0.2) is 0 Å². The van der Waals surface area contributed by atoms with Gasteiger partial charge in [-0.1, -0.05) is 6.92 Å². The average Bonchev–Trinajstić information content (AvgIpc) is 2.18. The Morgan fingerprint density at radius 3 is 3.15 bits per heavy atom. The molecule has 70 valence electrons. The summed E-state index contributed by atoms with van der Waals surface area (Å²) in [5, 5.41) is 9.16. The molecule has 0 aromatic carbocycles. The van der Waals surface area contributed by atoms with Crippen molar-refractivity contribution in [3.8, 4) is 0 Å². The minimum absolute atomic E-state index is 0.411. The van der Waals surface area contributed by atoms with Gasteiger partial charge in [-0.15, -0.1) is 11.8 Å². The topological polar surface area (TPSA) is 62.2 Å². The zero-order valence-corrected chi connectivity index (χ0v) is 7.97. The van der Waals surface area contributed by atoms with Crippen molar-refractivity contribution in [1.29, 1.82) is 0 Å². The van der Waals surface area contributed by atoms with E-state index in [9.17, 15) is 4.79 Å². The van der Waals surface area contributed by atoms with Gasteiger partial charge in [-0.3, -0.25) is 10.0 Å². The summed E-state index contributed by atoms with van der Waals surface area (Å²) in [6.07, 6.45) is 1.54. The standard InChI is InChI=1S/C8H10N2O2S/c1-2-13-7-5-6(3-4-9-7)8(11)10-12/h3-5,12H,2H2,1H3,(H,10,11). The second-order valence-corrected chi connectivity index (χ2v) is 3.54. The molecule has 0 bridgehead atoms. The first-order chi connectivity index (χ1) is 6.27. The van der Waals surface area contributed by atoms with Crippen molar-refractivity contribution in [3.05, 3.63) is 23.9 Å². The van der Waals surface area contributed by atoms with Gasteiger partial charge in [0.25, 0.3) is 5.91 Å². The quantitative estimate of drug-likeness (QED) is 0.437. The summed E-state index contributed by atoms with van der Waals surface area (Å²) in [5.74, 6) is 0.386. The predicted molar refractivity (Wildman–Crippen MR) is 49.9 cm³/mol. The van der Waals surface area contributed by atoms with Gasteiger partial charge in [-0.25, -0.2) is 10.5 Å². The molecule has 0 radical (unpaired) electrons. The minimum atomic E-state index is -0.514. The van der Waals surface area contributed by atoms with Crippen LogP contribution < -0.4 is 5.48 Å². The molecule has 0 aliphatic heterocycles. The summed E-state index contributed by atoms with van der Waals surface area (Å²) in [6, 6.07) is 3.19. The van der Waals surface area contributed by atoms with Gasteiger partial charge in [-0.05, 0) is 17.9 Å². The van der Waals surface area contributed by atoms with E-state index >= 15 is 0 Å². The molecule has 0 saturated carbocycles. The van der Waals surface area contributed by atoms with Gasteiger partial charge in [0, 0.05) is 11.8 Å². The molecule has 4 nitrogen and oxygen atoms in total. The van der Waals surface area contributed by atoms with Crippen molar-refractivity contribution in [1.82, 2.24) is 10.5 Å². The Labute approximate surface area is 80.3 Å². The number of thioether (sulfide) groups is 1. The fraction of sp³-hybridized carbons (Fsp3) is 0.250. The third-order valence-electron chi connectivity index (χ3n) is 1.39. The maximum atomic E-state index is 11.0. The van der Waals surface area contributed by atoms with E-state index in [0.29, 0.717) is 5.56 Å². The highest BCUT2D eigenvalue weighted by atomic mass is 32.2. The van der Waals surface area contributed by atoms with Gasteiger partial charge in [0.05, 0.1) is 5.03 Å². The lowest BCUT2D eigenvalue weighted by Gasteiger charge is -2.00. The Morgan fingerprint density at radius 1 is 1.77 bits per heavy atom.